The molecule has 0 spiro atoms. The molecule has 7 heteroatoms. The molecule has 1 saturated heterocycles. The molecule has 2 aromatic carbocycles. The lowest BCUT2D eigenvalue weighted by molar-refractivity contribution is 0.0984. The van der Waals surface area contributed by atoms with Gasteiger partial charge in [-0.15, -0.1) is 11.3 Å². The number of anilines is 1. The van der Waals surface area contributed by atoms with Crippen molar-refractivity contribution >= 4 is 34.5 Å². The van der Waals surface area contributed by atoms with Gasteiger partial charge in [-0.1, -0.05) is 23.7 Å². The second-order valence-corrected chi connectivity index (χ2v) is 8.34. The Hall–Kier alpha value is -2.41. The van der Waals surface area contributed by atoms with Crippen molar-refractivity contribution in [3.63, 3.8) is 0 Å². The van der Waals surface area contributed by atoms with Crippen LogP contribution in [0, 0.1) is 0 Å². The molecule has 0 aliphatic carbocycles. The molecule has 3 aromatic rings. The molecule has 5 rings (SSSR count). The molecule has 0 radical (unpaired) electrons. The Morgan fingerprint density at radius 1 is 1.11 bits per heavy atom. The molecular formula is C21H18ClN3O2S. The summed E-state index contributed by atoms with van der Waals surface area (Å²) in [4.78, 5) is 20.3. The first kappa shape index (κ1) is 17.7. The SMILES string of the molecule is O=C1c2sc(-c3ccc(Cl)cc3)nc2CCN1c1ccc(OC2CNC2)cc1. The van der Waals surface area contributed by atoms with Gasteiger partial charge < -0.3 is 15.0 Å². The van der Waals surface area contributed by atoms with Crippen LogP contribution in [0.4, 0.5) is 5.69 Å². The zero-order valence-corrected chi connectivity index (χ0v) is 16.6. The van der Waals surface area contributed by atoms with Crippen molar-refractivity contribution in [1.29, 1.82) is 0 Å². The number of amides is 1. The molecule has 1 aromatic heterocycles. The molecule has 1 fully saturated rings. The smallest absolute Gasteiger partial charge is 0.270 e. The van der Waals surface area contributed by atoms with E-state index in [2.05, 4.69) is 5.32 Å². The molecule has 0 saturated carbocycles. The summed E-state index contributed by atoms with van der Waals surface area (Å²) in [6, 6.07) is 15.3. The third kappa shape index (κ3) is 3.28. The number of rotatable bonds is 4. The van der Waals surface area contributed by atoms with Crippen molar-refractivity contribution < 1.29 is 9.53 Å². The van der Waals surface area contributed by atoms with Crippen LogP contribution in [0.15, 0.2) is 48.5 Å². The maximum absolute atomic E-state index is 13.1. The first-order chi connectivity index (χ1) is 13.7. The number of carbonyl (C=O) groups is 1. The van der Waals surface area contributed by atoms with Crippen LogP contribution in [-0.4, -0.2) is 36.6 Å². The van der Waals surface area contributed by atoms with E-state index >= 15 is 0 Å². The van der Waals surface area contributed by atoms with Crippen molar-refractivity contribution in [3.05, 3.63) is 64.1 Å². The summed E-state index contributed by atoms with van der Waals surface area (Å²) in [6.45, 7) is 2.40. The molecule has 28 heavy (non-hydrogen) atoms. The van der Waals surface area contributed by atoms with Crippen LogP contribution < -0.4 is 15.0 Å². The van der Waals surface area contributed by atoms with E-state index in [9.17, 15) is 4.79 Å². The van der Waals surface area contributed by atoms with Crippen LogP contribution in [0.25, 0.3) is 10.6 Å². The largest absolute Gasteiger partial charge is 0.488 e. The second kappa shape index (κ2) is 7.20. The van der Waals surface area contributed by atoms with Gasteiger partial charge in [0, 0.05) is 42.3 Å². The van der Waals surface area contributed by atoms with Crippen LogP contribution in [0.1, 0.15) is 15.4 Å². The van der Waals surface area contributed by atoms with Gasteiger partial charge >= 0.3 is 0 Å². The van der Waals surface area contributed by atoms with Gasteiger partial charge in [0.25, 0.3) is 5.91 Å². The summed E-state index contributed by atoms with van der Waals surface area (Å²) >= 11 is 7.42. The normalized spacial score (nSPS) is 16.6. The maximum Gasteiger partial charge on any atom is 0.270 e. The number of halogens is 1. The average molecular weight is 412 g/mol. The van der Waals surface area contributed by atoms with Crippen LogP contribution >= 0.6 is 22.9 Å². The van der Waals surface area contributed by atoms with E-state index in [-0.39, 0.29) is 12.0 Å². The number of fused-ring (bicyclic) bond motifs is 1. The predicted molar refractivity (Wildman–Crippen MR) is 112 cm³/mol. The van der Waals surface area contributed by atoms with E-state index in [4.69, 9.17) is 21.3 Å². The van der Waals surface area contributed by atoms with E-state index in [1.165, 1.54) is 11.3 Å². The Morgan fingerprint density at radius 2 is 1.86 bits per heavy atom. The van der Waals surface area contributed by atoms with Gasteiger partial charge in [0.05, 0.1) is 5.69 Å². The van der Waals surface area contributed by atoms with Crippen molar-refractivity contribution in [1.82, 2.24) is 10.3 Å². The van der Waals surface area contributed by atoms with Gasteiger partial charge in [0.15, 0.2) is 0 Å². The minimum atomic E-state index is 0.0100. The van der Waals surface area contributed by atoms with Crippen molar-refractivity contribution in [2.75, 3.05) is 24.5 Å². The number of carbonyl (C=O) groups excluding carboxylic acids is 1. The minimum Gasteiger partial charge on any atom is -0.488 e. The summed E-state index contributed by atoms with van der Waals surface area (Å²) in [5, 5.41) is 4.73. The number of aromatic nitrogens is 1. The molecule has 3 heterocycles. The fourth-order valence-electron chi connectivity index (χ4n) is 3.34. The highest BCUT2D eigenvalue weighted by Gasteiger charge is 2.29. The third-order valence-electron chi connectivity index (χ3n) is 5.00. The monoisotopic (exact) mass is 411 g/mol. The Morgan fingerprint density at radius 3 is 2.54 bits per heavy atom. The second-order valence-electron chi connectivity index (χ2n) is 6.90. The predicted octanol–water partition coefficient (Wildman–Crippen LogP) is 4.02. The molecule has 0 atom stereocenters. The fraction of sp³-hybridized carbons (Fsp3) is 0.238. The number of nitrogens with zero attached hydrogens (tertiary/aromatic N) is 2. The van der Waals surface area contributed by atoms with Gasteiger partial charge in [-0.2, -0.15) is 0 Å². The molecule has 1 amide bonds. The Bertz CT molecular complexity index is 1010. The van der Waals surface area contributed by atoms with Gasteiger partial charge in [0.1, 0.15) is 21.7 Å². The van der Waals surface area contributed by atoms with E-state index < -0.39 is 0 Å². The van der Waals surface area contributed by atoms with E-state index in [1.807, 2.05) is 53.4 Å². The van der Waals surface area contributed by atoms with Crippen LogP contribution in [-0.2, 0) is 6.42 Å². The summed E-state index contributed by atoms with van der Waals surface area (Å²) in [5.41, 5.74) is 2.75. The molecule has 5 nitrogen and oxygen atoms in total. The summed E-state index contributed by atoms with van der Waals surface area (Å²) in [7, 11) is 0. The number of ether oxygens (including phenoxy) is 1. The highest BCUT2D eigenvalue weighted by atomic mass is 35.5. The third-order valence-corrected chi connectivity index (χ3v) is 6.38. The number of nitrogens with one attached hydrogen (secondary N) is 1. The molecule has 0 bridgehead atoms. The van der Waals surface area contributed by atoms with Crippen LogP contribution in [0.2, 0.25) is 5.02 Å². The first-order valence-electron chi connectivity index (χ1n) is 9.22. The van der Waals surface area contributed by atoms with E-state index in [0.29, 0.717) is 11.6 Å². The van der Waals surface area contributed by atoms with Gasteiger partial charge in [-0.25, -0.2) is 4.98 Å². The van der Waals surface area contributed by atoms with Crippen LogP contribution in [0.5, 0.6) is 5.75 Å². The summed E-state index contributed by atoms with van der Waals surface area (Å²) in [5.74, 6) is 0.846. The number of thiazole rings is 1. The topological polar surface area (TPSA) is 54.5 Å². The number of hydrogen-bond acceptors (Lipinski definition) is 5. The lowest BCUT2D eigenvalue weighted by atomic mass is 10.1. The molecule has 142 valence electrons. The first-order valence-corrected chi connectivity index (χ1v) is 10.4. The zero-order chi connectivity index (χ0) is 19.1. The van der Waals surface area contributed by atoms with Crippen molar-refractivity contribution in [3.8, 4) is 16.3 Å². The Balaban J connectivity index is 1.36. The molecule has 2 aliphatic rings. The van der Waals surface area contributed by atoms with Crippen molar-refractivity contribution in [2.24, 2.45) is 0 Å². The number of benzene rings is 2. The fourth-order valence-corrected chi connectivity index (χ4v) is 4.53. The van der Waals surface area contributed by atoms with Gasteiger partial charge in [-0.3, -0.25) is 4.79 Å². The summed E-state index contributed by atoms with van der Waals surface area (Å²) < 4.78 is 5.85. The van der Waals surface area contributed by atoms with Gasteiger partial charge in [-0.05, 0) is 36.4 Å². The lowest BCUT2D eigenvalue weighted by Crippen LogP contribution is -2.50. The average Bonchev–Trinajstić information content (AvgIpc) is 3.12. The highest BCUT2D eigenvalue weighted by molar-refractivity contribution is 7.17. The standard InChI is InChI=1S/C21H18ClN3O2S/c22-14-3-1-13(2-4-14)20-24-18-9-10-25(21(26)19(18)28-20)15-5-7-16(8-6-15)27-17-11-23-12-17/h1-8,17,23H,9-12H2. The quantitative estimate of drug-likeness (QED) is 0.704. The minimum absolute atomic E-state index is 0.0100. The molecule has 0 unspecified atom stereocenters. The highest BCUT2D eigenvalue weighted by Crippen LogP contribution is 2.34. The number of hydrogen-bond donors (Lipinski definition) is 1. The lowest BCUT2D eigenvalue weighted by Gasteiger charge is -2.29. The van der Waals surface area contributed by atoms with Crippen LogP contribution in [0.3, 0.4) is 0 Å². The molecule has 1 N–H and O–H groups in total. The zero-order valence-electron chi connectivity index (χ0n) is 15.0. The Labute approximate surface area is 171 Å². The Kier molecular flexibility index (Phi) is 4.55. The summed E-state index contributed by atoms with van der Waals surface area (Å²) in [6.07, 6.45) is 0.991. The molecule has 2 aliphatic heterocycles. The van der Waals surface area contributed by atoms with Crippen molar-refractivity contribution in [2.45, 2.75) is 12.5 Å². The molecular weight excluding hydrogens is 394 g/mol. The van der Waals surface area contributed by atoms with E-state index in [0.717, 1.165) is 52.1 Å². The van der Waals surface area contributed by atoms with Gasteiger partial charge in [0.2, 0.25) is 0 Å². The maximum atomic E-state index is 13.1. The van der Waals surface area contributed by atoms with E-state index in [1.54, 1.807) is 0 Å².